The molecule has 1 nitrogen and oxygen atoms in total. The van der Waals surface area contributed by atoms with Gasteiger partial charge in [0.15, 0.2) is 0 Å². The smallest absolute Gasteiger partial charge is 0.0213 e. The van der Waals surface area contributed by atoms with E-state index in [0.717, 1.165) is 13.1 Å². The fourth-order valence-corrected chi connectivity index (χ4v) is 5.23. The van der Waals surface area contributed by atoms with Crippen LogP contribution in [0.25, 0.3) is 0 Å². The number of nitrogens with one attached hydrogen (secondary N) is 1. The van der Waals surface area contributed by atoms with Gasteiger partial charge in [0.2, 0.25) is 0 Å². The second kappa shape index (κ2) is 5.21. The van der Waals surface area contributed by atoms with Crippen LogP contribution in [0.3, 0.4) is 0 Å². The molecule has 0 aliphatic heterocycles. The molecule has 0 bridgehead atoms. The van der Waals surface area contributed by atoms with Crippen molar-refractivity contribution in [1.82, 2.24) is 5.32 Å². The van der Waals surface area contributed by atoms with Crippen LogP contribution in [-0.2, 0) is 5.41 Å². The van der Waals surface area contributed by atoms with E-state index in [-0.39, 0.29) is 0 Å². The Morgan fingerprint density at radius 1 is 1.16 bits per heavy atom. The molecule has 1 spiro atoms. The molecule has 2 heteroatoms. The maximum absolute atomic E-state index is 3.77. The van der Waals surface area contributed by atoms with E-state index in [9.17, 15) is 0 Å². The molecule has 0 atom stereocenters. The Hall–Kier alpha value is -0.340. The third kappa shape index (κ3) is 2.38. The fourth-order valence-electron chi connectivity index (χ4n) is 4.53. The summed E-state index contributed by atoms with van der Waals surface area (Å²) in [7, 11) is 0. The summed E-state index contributed by atoms with van der Waals surface area (Å²) in [6.07, 6.45) is 8.60. The van der Waals surface area contributed by atoms with Crippen molar-refractivity contribution >= 4 is 15.9 Å². The lowest BCUT2D eigenvalue weighted by Gasteiger charge is -2.56. The molecular formula is C17H24BrN. The molecule has 19 heavy (non-hydrogen) atoms. The Balaban J connectivity index is 1.85. The van der Waals surface area contributed by atoms with Crippen LogP contribution >= 0.6 is 15.9 Å². The van der Waals surface area contributed by atoms with Crippen LogP contribution in [0.4, 0.5) is 0 Å². The van der Waals surface area contributed by atoms with E-state index < -0.39 is 0 Å². The first-order valence-corrected chi connectivity index (χ1v) is 8.45. The molecule has 2 saturated carbocycles. The second-order valence-corrected chi connectivity index (χ2v) is 7.46. The number of hydrogen-bond acceptors (Lipinski definition) is 1. The van der Waals surface area contributed by atoms with E-state index in [1.54, 1.807) is 0 Å². The first kappa shape index (κ1) is 13.6. The summed E-state index contributed by atoms with van der Waals surface area (Å²) in [5, 5.41) is 3.60. The molecule has 0 radical (unpaired) electrons. The highest BCUT2D eigenvalue weighted by atomic mass is 79.9. The molecule has 0 heterocycles. The van der Waals surface area contributed by atoms with E-state index in [2.05, 4.69) is 52.4 Å². The highest BCUT2D eigenvalue weighted by Crippen LogP contribution is 2.63. The first-order valence-electron chi connectivity index (χ1n) is 7.66. The molecular weight excluding hydrogens is 298 g/mol. The number of halogens is 1. The Bertz CT molecular complexity index is 440. The van der Waals surface area contributed by atoms with Crippen molar-refractivity contribution in [2.45, 2.75) is 50.9 Å². The van der Waals surface area contributed by atoms with E-state index >= 15 is 0 Å². The van der Waals surface area contributed by atoms with Gasteiger partial charge in [-0.25, -0.2) is 0 Å². The Kier molecular flexibility index (Phi) is 3.74. The topological polar surface area (TPSA) is 12.0 Å². The molecule has 1 N–H and O–H groups in total. The molecule has 2 aliphatic rings. The summed E-state index contributed by atoms with van der Waals surface area (Å²) < 4.78 is 1.29. The lowest BCUT2D eigenvalue weighted by Crippen LogP contribution is -2.54. The van der Waals surface area contributed by atoms with Crippen LogP contribution in [-0.4, -0.2) is 13.1 Å². The molecule has 0 amide bonds. The van der Waals surface area contributed by atoms with E-state index in [4.69, 9.17) is 0 Å². The van der Waals surface area contributed by atoms with Gasteiger partial charge in [-0.05, 0) is 49.3 Å². The van der Waals surface area contributed by atoms with Gasteiger partial charge in [-0.2, -0.15) is 0 Å². The normalized spacial score (nSPS) is 23.5. The summed E-state index contributed by atoms with van der Waals surface area (Å²) in [5.41, 5.74) is 2.58. The predicted molar refractivity (Wildman–Crippen MR) is 84.5 cm³/mol. The van der Waals surface area contributed by atoms with Gasteiger partial charge >= 0.3 is 0 Å². The van der Waals surface area contributed by atoms with Gasteiger partial charge in [0, 0.05) is 16.4 Å². The SMILES string of the molecule is CCNCC1(c2ccccc2Br)CC2(CCCC2)C1. The van der Waals surface area contributed by atoms with E-state index in [0.29, 0.717) is 10.8 Å². The van der Waals surface area contributed by atoms with Gasteiger partial charge in [-0.1, -0.05) is 53.9 Å². The number of likely N-dealkylation sites (N-methyl/N-ethyl adjacent to an activating group) is 1. The van der Waals surface area contributed by atoms with Crippen LogP contribution < -0.4 is 5.32 Å². The summed E-state index contributed by atoms with van der Waals surface area (Å²) in [4.78, 5) is 0. The van der Waals surface area contributed by atoms with Crippen molar-refractivity contribution in [2.24, 2.45) is 5.41 Å². The zero-order valence-corrected chi connectivity index (χ0v) is 13.4. The summed E-state index contributed by atoms with van der Waals surface area (Å²) in [6, 6.07) is 8.83. The summed E-state index contributed by atoms with van der Waals surface area (Å²) in [5.74, 6) is 0. The Labute approximate surface area is 125 Å². The molecule has 1 aromatic carbocycles. The maximum Gasteiger partial charge on any atom is 0.0213 e. The van der Waals surface area contributed by atoms with Gasteiger partial charge < -0.3 is 5.32 Å². The highest BCUT2D eigenvalue weighted by molar-refractivity contribution is 9.10. The maximum atomic E-state index is 3.77. The minimum Gasteiger partial charge on any atom is -0.316 e. The zero-order chi connectivity index (χ0) is 13.3. The summed E-state index contributed by atoms with van der Waals surface area (Å²) in [6.45, 7) is 4.41. The third-order valence-corrected chi connectivity index (χ3v) is 5.94. The minimum atomic E-state index is 0.375. The monoisotopic (exact) mass is 321 g/mol. The van der Waals surface area contributed by atoms with Gasteiger partial charge in [0.05, 0.1) is 0 Å². The van der Waals surface area contributed by atoms with Crippen molar-refractivity contribution < 1.29 is 0 Å². The predicted octanol–water partition coefficient (Wildman–Crippen LogP) is 4.65. The van der Waals surface area contributed by atoms with Crippen molar-refractivity contribution in [1.29, 1.82) is 0 Å². The molecule has 2 aliphatic carbocycles. The van der Waals surface area contributed by atoms with Crippen LogP contribution in [0.1, 0.15) is 51.0 Å². The van der Waals surface area contributed by atoms with Gasteiger partial charge in [-0.3, -0.25) is 0 Å². The first-order chi connectivity index (χ1) is 9.20. The number of benzene rings is 1. The fraction of sp³-hybridized carbons (Fsp3) is 0.647. The van der Waals surface area contributed by atoms with Crippen LogP contribution in [0, 0.1) is 5.41 Å². The lowest BCUT2D eigenvalue weighted by molar-refractivity contribution is 0.0268. The average molecular weight is 322 g/mol. The largest absolute Gasteiger partial charge is 0.316 e. The number of rotatable bonds is 4. The standard InChI is InChI=1S/C17H24BrN/c1-2-19-13-17(14-7-3-4-8-15(14)18)11-16(12-17)9-5-6-10-16/h3-4,7-8,19H,2,5-6,9-13H2,1H3. The van der Waals surface area contributed by atoms with Crippen molar-refractivity contribution in [3.8, 4) is 0 Å². The quantitative estimate of drug-likeness (QED) is 0.851. The van der Waals surface area contributed by atoms with Crippen LogP contribution in [0.5, 0.6) is 0 Å². The Morgan fingerprint density at radius 3 is 2.47 bits per heavy atom. The molecule has 3 rings (SSSR count). The molecule has 1 aromatic rings. The number of hydrogen-bond donors (Lipinski definition) is 1. The zero-order valence-electron chi connectivity index (χ0n) is 11.8. The molecule has 0 aromatic heterocycles. The molecule has 2 fully saturated rings. The van der Waals surface area contributed by atoms with E-state index in [1.165, 1.54) is 48.6 Å². The minimum absolute atomic E-state index is 0.375. The average Bonchev–Trinajstić information content (AvgIpc) is 2.84. The third-order valence-electron chi connectivity index (χ3n) is 5.25. The van der Waals surface area contributed by atoms with Crippen molar-refractivity contribution in [3.63, 3.8) is 0 Å². The molecule has 104 valence electrons. The molecule has 0 unspecified atom stereocenters. The van der Waals surface area contributed by atoms with Crippen LogP contribution in [0.2, 0.25) is 0 Å². The lowest BCUT2D eigenvalue weighted by atomic mass is 9.49. The Morgan fingerprint density at radius 2 is 1.84 bits per heavy atom. The second-order valence-electron chi connectivity index (χ2n) is 6.60. The van der Waals surface area contributed by atoms with E-state index in [1.807, 2.05) is 0 Å². The summed E-state index contributed by atoms with van der Waals surface area (Å²) >= 11 is 3.77. The van der Waals surface area contributed by atoms with Crippen molar-refractivity contribution in [3.05, 3.63) is 34.3 Å². The van der Waals surface area contributed by atoms with Crippen LogP contribution in [0.15, 0.2) is 28.7 Å². The highest BCUT2D eigenvalue weighted by Gasteiger charge is 2.55. The van der Waals surface area contributed by atoms with Gasteiger partial charge in [-0.15, -0.1) is 0 Å². The van der Waals surface area contributed by atoms with Gasteiger partial charge in [0.25, 0.3) is 0 Å². The van der Waals surface area contributed by atoms with Gasteiger partial charge in [0.1, 0.15) is 0 Å². The molecule has 0 saturated heterocycles. The van der Waals surface area contributed by atoms with Crippen molar-refractivity contribution in [2.75, 3.05) is 13.1 Å².